The number of para-hydroxylation sites is 4. The maximum absolute atomic E-state index is 5.03. The summed E-state index contributed by atoms with van der Waals surface area (Å²) in [5.74, 6) is 0. The van der Waals surface area contributed by atoms with E-state index in [1.807, 2.05) is 0 Å². The van der Waals surface area contributed by atoms with Crippen LogP contribution in [0.2, 0.25) is 0 Å². The van der Waals surface area contributed by atoms with Gasteiger partial charge in [0.15, 0.2) is 0 Å². The van der Waals surface area contributed by atoms with E-state index >= 15 is 0 Å². The average Bonchev–Trinajstić information content (AvgIpc) is 3.75. The summed E-state index contributed by atoms with van der Waals surface area (Å²) >= 11 is 0. The third-order valence-electron chi connectivity index (χ3n) is 10.1. The third-order valence-corrected chi connectivity index (χ3v) is 10.1. The lowest BCUT2D eigenvalue weighted by Crippen LogP contribution is -1.92. The van der Waals surface area contributed by atoms with Crippen molar-refractivity contribution in [3.8, 4) is 22.3 Å². The fraction of sp³-hybridized carbons (Fsp3) is 0. The molecular weight excluding hydrogens is 585 g/mol. The second-order valence-electron chi connectivity index (χ2n) is 12.7. The number of aromatic nitrogens is 4. The number of pyridine rings is 2. The van der Waals surface area contributed by atoms with Crippen LogP contribution in [0.15, 0.2) is 158 Å². The smallest absolute Gasteiger partial charge is 0.146 e. The monoisotopic (exact) mass is 610 g/mol. The van der Waals surface area contributed by atoms with Gasteiger partial charge < -0.3 is 0 Å². The van der Waals surface area contributed by atoms with Crippen molar-refractivity contribution in [2.45, 2.75) is 0 Å². The molecule has 0 radical (unpaired) electrons. The molecule has 0 aliphatic rings. The van der Waals surface area contributed by atoms with Crippen LogP contribution >= 0.6 is 0 Å². The van der Waals surface area contributed by atoms with Crippen LogP contribution in [-0.4, -0.2) is 18.8 Å². The molecule has 0 unspecified atom stereocenters. The van der Waals surface area contributed by atoms with E-state index in [1.165, 1.54) is 65.6 Å². The molecule has 0 fully saturated rings. The largest absolute Gasteiger partial charge is 0.292 e. The molecule has 222 valence electrons. The molecule has 4 heteroatoms. The molecule has 4 aromatic heterocycles. The summed E-state index contributed by atoms with van der Waals surface area (Å²) in [6.07, 6.45) is 0. The zero-order valence-corrected chi connectivity index (χ0v) is 25.8. The molecule has 0 N–H and O–H groups in total. The molecular formula is C44H26N4. The van der Waals surface area contributed by atoms with Crippen molar-refractivity contribution in [1.29, 1.82) is 0 Å². The maximum Gasteiger partial charge on any atom is 0.146 e. The molecule has 0 spiro atoms. The molecule has 0 atom stereocenters. The molecule has 0 amide bonds. The lowest BCUT2D eigenvalue weighted by atomic mass is 9.96. The summed E-state index contributed by atoms with van der Waals surface area (Å²) < 4.78 is 4.62. The van der Waals surface area contributed by atoms with E-state index in [9.17, 15) is 0 Å². The highest BCUT2D eigenvalue weighted by atomic mass is 15.0. The van der Waals surface area contributed by atoms with Crippen molar-refractivity contribution in [3.63, 3.8) is 0 Å². The number of rotatable bonds is 2. The second kappa shape index (κ2) is 9.50. The summed E-state index contributed by atoms with van der Waals surface area (Å²) in [5.41, 5.74) is 13.4. The van der Waals surface area contributed by atoms with Crippen LogP contribution in [0.25, 0.3) is 99.0 Å². The number of fused-ring (bicyclic) bond motifs is 16. The zero-order chi connectivity index (χ0) is 31.3. The highest BCUT2D eigenvalue weighted by molar-refractivity contribution is 6.16. The first-order valence-corrected chi connectivity index (χ1v) is 16.3. The van der Waals surface area contributed by atoms with Gasteiger partial charge >= 0.3 is 0 Å². The van der Waals surface area contributed by atoms with E-state index in [0.29, 0.717) is 0 Å². The first-order chi connectivity index (χ1) is 23.8. The highest BCUT2D eigenvalue weighted by Crippen LogP contribution is 2.37. The summed E-state index contributed by atoms with van der Waals surface area (Å²) in [6.45, 7) is 0. The van der Waals surface area contributed by atoms with Gasteiger partial charge in [0, 0.05) is 21.5 Å². The van der Waals surface area contributed by atoms with Gasteiger partial charge in [0.25, 0.3) is 0 Å². The van der Waals surface area contributed by atoms with Crippen molar-refractivity contribution in [1.82, 2.24) is 18.8 Å². The van der Waals surface area contributed by atoms with Crippen molar-refractivity contribution in [2.75, 3.05) is 0 Å². The quantitative estimate of drug-likeness (QED) is 0.183. The Morgan fingerprint density at radius 1 is 0.292 bits per heavy atom. The normalized spacial score (nSPS) is 12.2. The lowest BCUT2D eigenvalue weighted by molar-refractivity contribution is 1.31. The molecule has 4 nitrogen and oxygen atoms in total. The number of hydrogen-bond donors (Lipinski definition) is 0. The van der Waals surface area contributed by atoms with Gasteiger partial charge in [0.2, 0.25) is 0 Å². The van der Waals surface area contributed by atoms with Gasteiger partial charge in [-0.25, -0.2) is 9.97 Å². The maximum atomic E-state index is 5.03. The van der Waals surface area contributed by atoms with E-state index in [2.05, 4.69) is 167 Å². The molecule has 48 heavy (non-hydrogen) atoms. The van der Waals surface area contributed by atoms with Gasteiger partial charge in [-0.05, 0) is 81.6 Å². The standard InChI is InChI=1S/C44H26N4/c1-3-11-33-31(9-1)35-25-29(21-23-39(35)47-41-15-7-5-13-37(41)45-43(33)47)27-17-19-28(20-18-27)30-22-24-40-36(26-30)32-10-2-4-12-34(32)44-46-38-14-6-8-16-42(38)48(40)44/h1-26H. The zero-order valence-electron chi connectivity index (χ0n) is 25.8. The number of benzene rings is 7. The molecule has 11 aromatic rings. The van der Waals surface area contributed by atoms with Crippen molar-refractivity contribution >= 4 is 76.7 Å². The van der Waals surface area contributed by atoms with Crippen molar-refractivity contribution < 1.29 is 0 Å². The second-order valence-corrected chi connectivity index (χ2v) is 12.7. The Balaban J connectivity index is 1.06. The minimum absolute atomic E-state index is 1.00. The van der Waals surface area contributed by atoms with Crippen molar-refractivity contribution in [2.24, 2.45) is 0 Å². The Bertz CT molecular complexity index is 2900. The Hall–Kier alpha value is -6.52. The summed E-state index contributed by atoms with van der Waals surface area (Å²) in [6, 6.07) is 56.7. The van der Waals surface area contributed by atoms with E-state index in [4.69, 9.17) is 9.97 Å². The van der Waals surface area contributed by atoms with Gasteiger partial charge in [0.1, 0.15) is 11.3 Å². The van der Waals surface area contributed by atoms with Crippen LogP contribution in [0.1, 0.15) is 0 Å². The van der Waals surface area contributed by atoms with Crippen LogP contribution in [0.3, 0.4) is 0 Å². The predicted molar refractivity (Wildman–Crippen MR) is 200 cm³/mol. The Morgan fingerprint density at radius 2 is 0.667 bits per heavy atom. The van der Waals surface area contributed by atoms with Gasteiger partial charge in [-0.1, -0.05) is 109 Å². The summed E-state index contributed by atoms with van der Waals surface area (Å²) in [5, 5.41) is 7.22. The van der Waals surface area contributed by atoms with Crippen LogP contribution < -0.4 is 0 Å². The molecule has 0 saturated heterocycles. The Labute approximate surface area is 274 Å². The first-order valence-electron chi connectivity index (χ1n) is 16.3. The van der Waals surface area contributed by atoms with Gasteiger partial charge in [0.05, 0.1) is 33.1 Å². The fourth-order valence-corrected chi connectivity index (χ4v) is 7.83. The number of hydrogen-bond acceptors (Lipinski definition) is 2. The summed E-state index contributed by atoms with van der Waals surface area (Å²) in [4.78, 5) is 10.1. The fourth-order valence-electron chi connectivity index (χ4n) is 7.83. The number of nitrogens with zero attached hydrogens (tertiary/aromatic N) is 4. The van der Waals surface area contributed by atoms with Gasteiger partial charge in [-0.2, -0.15) is 0 Å². The molecule has 0 aliphatic heterocycles. The molecule has 0 bridgehead atoms. The number of imidazole rings is 2. The summed E-state index contributed by atoms with van der Waals surface area (Å²) in [7, 11) is 0. The molecule has 11 rings (SSSR count). The van der Waals surface area contributed by atoms with Gasteiger partial charge in [-0.3, -0.25) is 8.80 Å². The third kappa shape index (κ3) is 3.49. The van der Waals surface area contributed by atoms with Crippen LogP contribution in [0.4, 0.5) is 0 Å². The Morgan fingerprint density at radius 3 is 1.12 bits per heavy atom. The SMILES string of the molecule is c1ccc2c(c1)nc1c3ccccc3c3cc(-c4ccc(-c5ccc6c(c5)c5ccccc5c5nc7ccccc7n65)cc4)ccc3n21. The predicted octanol–water partition coefficient (Wildman–Crippen LogP) is 11.2. The topological polar surface area (TPSA) is 34.6 Å². The molecule has 4 heterocycles. The van der Waals surface area contributed by atoms with Crippen LogP contribution in [0.5, 0.6) is 0 Å². The molecule has 0 aliphatic carbocycles. The minimum Gasteiger partial charge on any atom is -0.292 e. The Kier molecular flexibility index (Phi) is 5.08. The minimum atomic E-state index is 1.00. The highest BCUT2D eigenvalue weighted by Gasteiger charge is 2.16. The average molecular weight is 611 g/mol. The van der Waals surface area contributed by atoms with Gasteiger partial charge in [-0.15, -0.1) is 0 Å². The lowest BCUT2D eigenvalue weighted by Gasteiger charge is -2.12. The van der Waals surface area contributed by atoms with Crippen LogP contribution in [-0.2, 0) is 0 Å². The van der Waals surface area contributed by atoms with E-state index in [-0.39, 0.29) is 0 Å². The van der Waals surface area contributed by atoms with E-state index in [1.54, 1.807) is 0 Å². The van der Waals surface area contributed by atoms with E-state index in [0.717, 1.165) is 33.4 Å². The molecule has 7 aromatic carbocycles. The first kappa shape index (κ1) is 25.6. The van der Waals surface area contributed by atoms with E-state index < -0.39 is 0 Å². The molecule has 0 saturated carbocycles. The van der Waals surface area contributed by atoms with Crippen molar-refractivity contribution in [3.05, 3.63) is 158 Å². The van der Waals surface area contributed by atoms with Crippen LogP contribution in [0, 0.1) is 0 Å².